The van der Waals surface area contributed by atoms with E-state index in [1.165, 1.54) is 0 Å². The first-order valence-corrected chi connectivity index (χ1v) is 9.67. The van der Waals surface area contributed by atoms with E-state index in [-0.39, 0.29) is 12.0 Å². The van der Waals surface area contributed by atoms with Crippen LogP contribution in [0, 0.1) is 5.41 Å². The number of aliphatic hydroxyl groups is 1. The maximum absolute atomic E-state index is 9.53. The molecule has 1 fully saturated rings. The Morgan fingerprint density at radius 3 is 2.15 bits per heavy atom. The Bertz CT molecular complexity index is 575. The minimum atomic E-state index is 0.217. The van der Waals surface area contributed by atoms with Gasteiger partial charge in [0.05, 0.1) is 26.9 Å². The summed E-state index contributed by atoms with van der Waals surface area (Å²) in [5.74, 6) is 2.28. The second-order valence-corrected chi connectivity index (χ2v) is 8.44. The quantitative estimate of drug-likeness (QED) is 0.748. The van der Waals surface area contributed by atoms with E-state index in [0.717, 1.165) is 62.0 Å². The third kappa shape index (κ3) is 5.99. The molecular weight excluding hydrogens is 344 g/mol. The van der Waals surface area contributed by atoms with Gasteiger partial charge in [0, 0.05) is 57.5 Å². The lowest BCUT2D eigenvalue weighted by atomic mass is 9.94. The zero-order valence-corrected chi connectivity index (χ0v) is 17.7. The summed E-state index contributed by atoms with van der Waals surface area (Å²) in [6, 6.07) is 4.16. The first kappa shape index (κ1) is 21.8. The Balaban J connectivity index is 2.16. The van der Waals surface area contributed by atoms with Crippen molar-refractivity contribution in [2.24, 2.45) is 5.41 Å². The number of nitrogens with zero attached hydrogens (tertiary/aromatic N) is 2. The van der Waals surface area contributed by atoms with Crippen LogP contribution in [0.2, 0.25) is 0 Å². The summed E-state index contributed by atoms with van der Waals surface area (Å²) in [4.78, 5) is 4.95. The summed E-state index contributed by atoms with van der Waals surface area (Å²) in [6.07, 6.45) is 0.795. The number of piperazine rings is 1. The first-order chi connectivity index (χ1) is 12.8. The molecule has 0 bridgehead atoms. The molecular formula is C21H36N2O4. The fourth-order valence-corrected chi connectivity index (χ4v) is 3.80. The van der Waals surface area contributed by atoms with Gasteiger partial charge in [-0.15, -0.1) is 0 Å². The standard InChI is InChI=1S/C21H36N2O4/c1-21(2,3)15-23-9-8-22(13-16(23)7-10-24)14-18-19(26-5)11-17(25-4)12-20(18)27-6/h11-12,16,24H,7-10,13-15H2,1-6H3/t16-/m0/s1. The molecule has 0 unspecified atom stereocenters. The molecule has 27 heavy (non-hydrogen) atoms. The number of hydrogen-bond acceptors (Lipinski definition) is 6. The number of ether oxygens (including phenoxy) is 3. The largest absolute Gasteiger partial charge is 0.496 e. The van der Waals surface area contributed by atoms with Crippen LogP contribution < -0.4 is 14.2 Å². The molecule has 0 aromatic heterocycles. The normalized spacial score (nSPS) is 19.1. The number of benzene rings is 1. The number of rotatable bonds is 8. The average Bonchev–Trinajstić information content (AvgIpc) is 2.63. The van der Waals surface area contributed by atoms with E-state index >= 15 is 0 Å². The topological polar surface area (TPSA) is 54.4 Å². The van der Waals surface area contributed by atoms with E-state index in [2.05, 4.69) is 30.6 Å². The van der Waals surface area contributed by atoms with E-state index in [1.807, 2.05) is 12.1 Å². The predicted octanol–water partition coefficient (Wildman–Crippen LogP) is 2.63. The van der Waals surface area contributed by atoms with Crippen LogP contribution in [0.1, 0.15) is 32.8 Å². The van der Waals surface area contributed by atoms with Gasteiger partial charge in [-0.2, -0.15) is 0 Å². The van der Waals surface area contributed by atoms with Gasteiger partial charge < -0.3 is 19.3 Å². The highest BCUT2D eigenvalue weighted by Gasteiger charge is 2.30. The molecule has 0 radical (unpaired) electrons. The fraction of sp³-hybridized carbons (Fsp3) is 0.714. The lowest BCUT2D eigenvalue weighted by molar-refractivity contribution is 0.0334. The lowest BCUT2D eigenvalue weighted by Crippen LogP contribution is -2.54. The summed E-state index contributed by atoms with van der Waals surface area (Å²) in [7, 11) is 4.99. The summed E-state index contributed by atoms with van der Waals surface area (Å²) < 4.78 is 16.5. The molecule has 0 spiro atoms. The Morgan fingerprint density at radius 1 is 1.04 bits per heavy atom. The molecule has 6 heteroatoms. The molecule has 1 aliphatic rings. The molecule has 1 N–H and O–H groups in total. The van der Waals surface area contributed by atoms with E-state index in [9.17, 15) is 5.11 Å². The molecule has 0 saturated carbocycles. The van der Waals surface area contributed by atoms with Gasteiger partial charge in [-0.05, 0) is 11.8 Å². The molecule has 1 aromatic carbocycles. The van der Waals surface area contributed by atoms with Crippen molar-refractivity contribution in [1.29, 1.82) is 0 Å². The zero-order valence-electron chi connectivity index (χ0n) is 17.7. The highest BCUT2D eigenvalue weighted by atomic mass is 16.5. The van der Waals surface area contributed by atoms with E-state index in [1.54, 1.807) is 21.3 Å². The van der Waals surface area contributed by atoms with Crippen LogP contribution in [-0.2, 0) is 6.54 Å². The molecule has 1 aromatic rings. The second-order valence-electron chi connectivity index (χ2n) is 8.44. The van der Waals surface area contributed by atoms with E-state index < -0.39 is 0 Å². The van der Waals surface area contributed by atoms with Gasteiger partial charge in [-0.3, -0.25) is 9.80 Å². The van der Waals surface area contributed by atoms with Crippen molar-refractivity contribution >= 4 is 0 Å². The van der Waals surface area contributed by atoms with E-state index in [4.69, 9.17) is 14.2 Å². The van der Waals surface area contributed by atoms with Crippen molar-refractivity contribution in [3.63, 3.8) is 0 Å². The molecule has 1 aliphatic heterocycles. The van der Waals surface area contributed by atoms with Crippen LogP contribution in [0.15, 0.2) is 12.1 Å². The van der Waals surface area contributed by atoms with Crippen LogP contribution in [0.25, 0.3) is 0 Å². The molecule has 2 rings (SSSR count). The third-order valence-electron chi connectivity index (χ3n) is 5.03. The lowest BCUT2D eigenvalue weighted by Gasteiger charge is -2.44. The molecule has 1 heterocycles. The molecule has 0 aliphatic carbocycles. The SMILES string of the molecule is COc1cc(OC)c(CN2CCN(CC(C)(C)C)[C@@H](CCO)C2)c(OC)c1. The van der Waals surface area contributed by atoms with Crippen molar-refractivity contribution in [2.45, 2.75) is 39.8 Å². The van der Waals surface area contributed by atoms with Crippen molar-refractivity contribution in [2.75, 3.05) is 54.1 Å². The second kappa shape index (κ2) is 9.62. The van der Waals surface area contributed by atoms with Crippen LogP contribution in [0.4, 0.5) is 0 Å². The molecule has 1 saturated heterocycles. The van der Waals surface area contributed by atoms with Crippen molar-refractivity contribution in [3.05, 3.63) is 17.7 Å². The monoisotopic (exact) mass is 380 g/mol. The maximum atomic E-state index is 9.53. The van der Waals surface area contributed by atoms with Gasteiger partial charge in [-0.1, -0.05) is 20.8 Å². The van der Waals surface area contributed by atoms with Crippen molar-refractivity contribution in [3.8, 4) is 17.2 Å². The fourth-order valence-electron chi connectivity index (χ4n) is 3.80. The van der Waals surface area contributed by atoms with Crippen molar-refractivity contribution < 1.29 is 19.3 Å². The third-order valence-corrected chi connectivity index (χ3v) is 5.03. The van der Waals surface area contributed by atoms with Crippen LogP contribution >= 0.6 is 0 Å². The molecule has 154 valence electrons. The van der Waals surface area contributed by atoms with Gasteiger partial charge in [-0.25, -0.2) is 0 Å². The zero-order chi connectivity index (χ0) is 20.0. The molecule has 1 atom stereocenters. The smallest absolute Gasteiger partial charge is 0.130 e. The van der Waals surface area contributed by atoms with Crippen LogP contribution in [0.3, 0.4) is 0 Å². The minimum absolute atomic E-state index is 0.217. The average molecular weight is 381 g/mol. The highest BCUT2D eigenvalue weighted by Crippen LogP contribution is 2.35. The summed E-state index contributed by atoms with van der Waals surface area (Å²) in [5, 5.41) is 9.53. The first-order valence-electron chi connectivity index (χ1n) is 9.67. The number of hydrogen-bond donors (Lipinski definition) is 1. The van der Waals surface area contributed by atoms with Crippen LogP contribution in [0.5, 0.6) is 17.2 Å². The Morgan fingerprint density at radius 2 is 1.67 bits per heavy atom. The van der Waals surface area contributed by atoms with Gasteiger partial charge in [0.2, 0.25) is 0 Å². The number of methoxy groups -OCH3 is 3. The summed E-state index contributed by atoms with van der Waals surface area (Å²) in [5.41, 5.74) is 1.28. The Kier molecular flexibility index (Phi) is 7.77. The highest BCUT2D eigenvalue weighted by molar-refractivity contribution is 5.50. The summed E-state index contributed by atoms with van der Waals surface area (Å²) in [6.45, 7) is 11.7. The number of aliphatic hydroxyl groups excluding tert-OH is 1. The van der Waals surface area contributed by atoms with Gasteiger partial charge in [0.1, 0.15) is 17.2 Å². The van der Waals surface area contributed by atoms with E-state index in [0.29, 0.717) is 6.04 Å². The van der Waals surface area contributed by atoms with Gasteiger partial charge in [0.15, 0.2) is 0 Å². The Labute approximate surface area is 164 Å². The van der Waals surface area contributed by atoms with Crippen LogP contribution in [-0.4, -0.2) is 75.1 Å². The minimum Gasteiger partial charge on any atom is -0.496 e. The van der Waals surface area contributed by atoms with Gasteiger partial charge >= 0.3 is 0 Å². The molecule has 0 amide bonds. The Hall–Kier alpha value is -1.50. The summed E-state index contributed by atoms with van der Waals surface area (Å²) >= 11 is 0. The maximum Gasteiger partial charge on any atom is 0.130 e. The predicted molar refractivity (Wildman–Crippen MR) is 108 cm³/mol. The van der Waals surface area contributed by atoms with Gasteiger partial charge in [0.25, 0.3) is 0 Å². The van der Waals surface area contributed by atoms with Crippen molar-refractivity contribution in [1.82, 2.24) is 9.80 Å². The molecule has 6 nitrogen and oxygen atoms in total.